The number of hydrogen-bond acceptors (Lipinski definition) is 2. The molecule has 2 bridgehead atoms. The molecule has 2 nitrogen and oxygen atoms in total. The van der Waals surface area contributed by atoms with Crippen LogP contribution >= 0.6 is 0 Å². The summed E-state index contributed by atoms with van der Waals surface area (Å²) in [4.78, 5) is 0. The van der Waals surface area contributed by atoms with Gasteiger partial charge >= 0.3 is 0 Å². The summed E-state index contributed by atoms with van der Waals surface area (Å²) in [5, 5.41) is 0. The molecule has 0 saturated heterocycles. The second-order valence-electron chi connectivity index (χ2n) is 6.78. The highest BCUT2D eigenvalue weighted by Crippen LogP contribution is 2.50. The predicted octanol–water partition coefficient (Wildman–Crippen LogP) is 3.86. The van der Waals surface area contributed by atoms with E-state index >= 15 is 0 Å². The molecule has 0 aromatic carbocycles. The van der Waals surface area contributed by atoms with Gasteiger partial charge in [0.05, 0.1) is 0 Å². The van der Waals surface area contributed by atoms with E-state index in [1.54, 1.807) is 0 Å². The summed E-state index contributed by atoms with van der Waals surface area (Å²) >= 11 is 0. The highest BCUT2D eigenvalue weighted by atomic mass is 15.2. The molecule has 0 heterocycles. The third kappa shape index (κ3) is 3.27. The molecule has 0 aromatic heterocycles. The Hall–Kier alpha value is -0.0800. The summed E-state index contributed by atoms with van der Waals surface area (Å²) in [5.74, 6) is 9.73. The summed E-state index contributed by atoms with van der Waals surface area (Å²) in [7, 11) is 0. The molecule has 106 valence electrons. The Morgan fingerprint density at radius 1 is 1.11 bits per heavy atom. The van der Waals surface area contributed by atoms with E-state index in [-0.39, 0.29) is 0 Å². The first-order valence-electron chi connectivity index (χ1n) is 8.24. The van der Waals surface area contributed by atoms with E-state index in [0.717, 1.165) is 23.7 Å². The molecule has 4 unspecified atom stereocenters. The minimum absolute atomic E-state index is 0.564. The van der Waals surface area contributed by atoms with Crippen molar-refractivity contribution in [3.05, 3.63) is 0 Å². The van der Waals surface area contributed by atoms with E-state index < -0.39 is 0 Å². The highest BCUT2D eigenvalue weighted by Gasteiger charge is 2.40. The number of nitrogens with two attached hydrogens (primary N) is 1. The largest absolute Gasteiger partial charge is 0.271 e. The van der Waals surface area contributed by atoms with Crippen LogP contribution in [0.3, 0.4) is 0 Å². The highest BCUT2D eigenvalue weighted by molar-refractivity contribution is 4.92. The van der Waals surface area contributed by atoms with E-state index in [2.05, 4.69) is 19.3 Å². The average Bonchev–Trinajstić information content (AvgIpc) is 2.98. The fourth-order valence-electron chi connectivity index (χ4n) is 4.68. The number of hydrazine groups is 1. The molecule has 2 aliphatic rings. The van der Waals surface area contributed by atoms with Crippen LogP contribution in [0.15, 0.2) is 0 Å². The van der Waals surface area contributed by atoms with Crippen LogP contribution in [0.2, 0.25) is 0 Å². The molecule has 0 spiro atoms. The smallest absolute Gasteiger partial charge is 0.0241 e. The second-order valence-corrected chi connectivity index (χ2v) is 6.78. The number of rotatable bonds is 8. The van der Waals surface area contributed by atoms with Crippen LogP contribution in [0.1, 0.15) is 71.6 Å². The minimum atomic E-state index is 0.564. The summed E-state index contributed by atoms with van der Waals surface area (Å²) in [6.45, 7) is 4.60. The number of fused-ring (bicyclic) bond motifs is 2. The molecule has 2 fully saturated rings. The molecule has 4 atom stereocenters. The molecule has 3 N–H and O–H groups in total. The van der Waals surface area contributed by atoms with Crippen molar-refractivity contribution in [1.82, 2.24) is 5.43 Å². The lowest BCUT2D eigenvalue weighted by atomic mass is 9.79. The number of nitrogens with one attached hydrogen (secondary N) is 1. The molecule has 0 radical (unpaired) electrons. The summed E-state index contributed by atoms with van der Waals surface area (Å²) in [6, 6.07) is 0.564. The summed E-state index contributed by atoms with van der Waals surface area (Å²) in [5.41, 5.74) is 3.16. The molecule has 18 heavy (non-hydrogen) atoms. The third-order valence-electron chi connectivity index (χ3n) is 5.54. The van der Waals surface area contributed by atoms with Crippen LogP contribution in [0.5, 0.6) is 0 Å². The fraction of sp³-hybridized carbons (Fsp3) is 1.00. The summed E-state index contributed by atoms with van der Waals surface area (Å²) < 4.78 is 0. The summed E-state index contributed by atoms with van der Waals surface area (Å²) in [6.07, 6.45) is 12.6. The first kappa shape index (κ1) is 14.3. The van der Waals surface area contributed by atoms with Crippen LogP contribution in [-0.2, 0) is 0 Å². The van der Waals surface area contributed by atoms with E-state index in [9.17, 15) is 0 Å². The van der Waals surface area contributed by atoms with Crippen molar-refractivity contribution in [3.8, 4) is 0 Å². The van der Waals surface area contributed by atoms with E-state index in [4.69, 9.17) is 5.84 Å². The lowest BCUT2D eigenvalue weighted by molar-refractivity contribution is 0.221. The van der Waals surface area contributed by atoms with Crippen molar-refractivity contribution in [1.29, 1.82) is 0 Å². The van der Waals surface area contributed by atoms with Crippen molar-refractivity contribution in [2.45, 2.75) is 77.7 Å². The van der Waals surface area contributed by atoms with E-state index in [0.29, 0.717) is 6.04 Å². The van der Waals surface area contributed by atoms with Crippen molar-refractivity contribution in [2.24, 2.45) is 29.5 Å². The molecule has 0 aromatic rings. The van der Waals surface area contributed by atoms with Gasteiger partial charge in [-0.1, -0.05) is 33.1 Å². The zero-order valence-corrected chi connectivity index (χ0v) is 12.3. The maximum atomic E-state index is 5.86. The molecule has 0 amide bonds. The molecular formula is C16H32N2. The molecule has 2 heteroatoms. The Bertz CT molecular complexity index is 235. The van der Waals surface area contributed by atoms with E-state index in [1.165, 1.54) is 57.8 Å². The van der Waals surface area contributed by atoms with Crippen LogP contribution in [-0.4, -0.2) is 6.04 Å². The lowest BCUT2D eigenvalue weighted by Gasteiger charge is -2.31. The van der Waals surface area contributed by atoms with Gasteiger partial charge in [0.25, 0.3) is 0 Å². The van der Waals surface area contributed by atoms with Crippen LogP contribution in [0.4, 0.5) is 0 Å². The fourth-order valence-corrected chi connectivity index (χ4v) is 4.68. The Kier molecular flexibility index (Phi) is 5.50. The zero-order valence-electron chi connectivity index (χ0n) is 12.3. The Balaban J connectivity index is 1.86. The van der Waals surface area contributed by atoms with Gasteiger partial charge in [0.15, 0.2) is 0 Å². The first-order chi connectivity index (χ1) is 8.78. The number of hydrogen-bond donors (Lipinski definition) is 2. The van der Waals surface area contributed by atoms with Gasteiger partial charge in [0.2, 0.25) is 0 Å². The van der Waals surface area contributed by atoms with Crippen LogP contribution in [0.25, 0.3) is 0 Å². The van der Waals surface area contributed by atoms with Gasteiger partial charge in [0.1, 0.15) is 0 Å². The monoisotopic (exact) mass is 252 g/mol. The SMILES string of the molecule is CCCC(CCC)C(CC1CC2CCC1C2)NN. The van der Waals surface area contributed by atoms with Crippen molar-refractivity contribution in [3.63, 3.8) is 0 Å². The van der Waals surface area contributed by atoms with Crippen molar-refractivity contribution in [2.75, 3.05) is 0 Å². The van der Waals surface area contributed by atoms with Gasteiger partial charge in [-0.2, -0.15) is 0 Å². The van der Waals surface area contributed by atoms with Crippen molar-refractivity contribution >= 4 is 0 Å². The standard InChI is InChI=1S/C16H32N2/c1-3-5-13(6-4-2)16(18-17)11-15-10-12-7-8-14(15)9-12/h12-16,18H,3-11,17H2,1-2H3. The van der Waals surface area contributed by atoms with Gasteiger partial charge in [-0.15, -0.1) is 0 Å². The maximum Gasteiger partial charge on any atom is 0.0241 e. The molecule has 2 aliphatic carbocycles. The molecule has 2 saturated carbocycles. The zero-order chi connectivity index (χ0) is 13.0. The third-order valence-corrected chi connectivity index (χ3v) is 5.54. The van der Waals surface area contributed by atoms with E-state index in [1.807, 2.05) is 0 Å². The molecular weight excluding hydrogens is 220 g/mol. The minimum Gasteiger partial charge on any atom is -0.271 e. The average molecular weight is 252 g/mol. The Labute approximate surface area is 113 Å². The van der Waals surface area contributed by atoms with Crippen molar-refractivity contribution < 1.29 is 0 Å². The Morgan fingerprint density at radius 2 is 1.83 bits per heavy atom. The van der Waals surface area contributed by atoms with Gasteiger partial charge in [-0.3, -0.25) is 11.3 Å². The van der Waals surface area contributed by atoms with Gasteiger partial charge in [-0.05, 0) is 62.2 Å². The van der Waals surface area contributed by atoms with Crippen LogP contribution < -0.4 is 11.3 Å². The normalized spacial score (nSPS) is 32.3. The first-order valence-corrected chi connectivity index (χ1v) is 8.24. The van der Waals surface area contributed by atoms with Crippen LogP contribution in [0, 0.1) is 23.7 Å². The molecule has 2 rings (SSSR count). The maximum absolute atomic E-state index is 5.86. The molecule has 0 aliphatic heterocycles. The second kappa shape index (κ2) is 6.91. The quantitative estimate of drug-likeness (QED) is 0.508. The van der Waals surface area contributed by atoms with Gasteiger partial charge in [0, 0.05) is 6.04 Å². The Morgan fingerprint density at radius 3 is 2.28 bits per heavy atom. The van der Waals surface area contributed by atoms with Gasteiger partial charge < -0.3 is 0 Å². The van der Waals surface area contributed by atoms with Gasteiger partial charge in [-0.25, -0.2) is 0 Å². The predicted molar refractivity (Wildman–Crippen MR) is 78.0 cm³/mol. The lowest BCUT2D eigenvalue weighted by Crippen LogP contribution is -2.42. The topological polar surface area (TPSA) is 38.0 Å².